The Kier molecular flexibility index (Phi) is 2.85. The Bertz CT molecular complexity index is 211. The lowest BCUT2D eigenvalue weighted by atomic mass is 9.72. The van der Waals surface area contributed by atoms with Gasteiger partial charge in [-0.05, 0) is 27.7 Å². The summed E-state index contributed by atoms with van der Waals surface area (Å²) in [6.45, 7) is 7.53. The molecule has 0 aromatic rings. The van der Waals surface area contributed by atoms with Crippen LogP contribution < -0.4 is 0 Å². The fourth-order valence-corrected chi connectivity index (χ4v) is 1.10. The molecule has 0 saturated carbocycles. The highest BCUT2D eigenvalue weighted by Gasteiger charge is 2.52. The van der Waals surface area contributed by atoms with Gasteiger partial charge in [0.2, 0.25) is 0 Å². The lowest BCUT2D eigenvalue weighted by molar-refractivity contribution is -0.926. The standard InChI is InChI=1S/C10H21NO2/c1-9(2,8(12)13)10(3,4)11(5,6)7/h1-7H3/p+1. The van der Waals surface area contributed by atoms with E-state index in [9.17, 15) is 4.79 Å². The van der Waals surface area contributed by atoms with Gasteiger partial charge in [-0.2, -0.15) is 0 Å². The number of nitrogens with zero attached hydrogens (tertiary/aromatic N) is 1. The molecule has 0 rings (SSSR count). The van der Waals surface area contributed by atoms with Gasteiger partial charge in [0.1, 0.15) is 11.0 Å². The van der Waals surface area contributed by atoms with Crippen molar-refractivity contribution in [2.75, 3.05) is 21.1 Å². The fraction of sp³-hybridized carbons (Fsp3) is 0.900. The van der Waals surface area contributed by atoms with Gasteiger partial charge in [-0.1, -0.05) is 0 Å². The molecule has 0 aromatic carbocycles. The summed E-state index contributed by atoms with van der Waals surface area (Å²) in [5.74, 6) is -0.745. The summed E-state index contributed by atoms with van der Waals surface area (Å²) < 4.78 is 0.631. The first kappa shape index (κ1) is 12.4. The molecule has 0 atom stereocenters. The smallest absolute Gasteiger partial charge is 0.315 e. The summed E-state index contributed by atoms with van der Waals surface area (Å²) >= 11 is 0. The van der Waals surface area contributed by atoms with Gasteiger partial charge in [-0.15, -0.1) is 0 Å². The van der Waals surface area contributed by atoms with Crippen molar-refractivity contribution in [1.82, 2.24) is 0 Å². The molecule has 0 aliphatic heterocycles. The van der Waals surface area contributed by atoms with Crippen LogP contribution in [0.5, 0.6) is 0 Å². The van der Waals surface area contributed by atoms with Crippen LogP contribution >= 0.6 is 0 Å². The molecule has 78 valence electrons. The topological polar surface area (TPSA) is 37.3 Å². The summed E-state index contributed by atoms with van der Waals surface area (Å²) in [5.41, 5.74) is -1.04. The van der Waals surface area contributed by atoms with Crippen molar-refractivity contribution < 1.29 is 14.4 Å². The SMILES string of the molecule is CC(C)(C(=O)O)C(C)(C)[N+](C)(C)C. The minimum absolute atomic E-state index is 0.307. The van der Waals surface area contributed by atoms with E-state index in [2.05, 4.69) is 0 Å². The zero-order valence-electron chi connectivity index (χ0n) is 9.80. The van der Waals surface area contributed by atoms with Crippen molar-refractivity contribution in [1.29, 1.82) is 0 Å². The maximum absolute atomic E-state index is 11.1. The minimum atomic E-state index is -0.745. The van der Waals surface area contributed by atoms with E-state index < -0.39 is 11.4 Å². The number of carbonyl (C=O) groups is 1. The van der Waals surface area contributed by atoms with Gasteiger partial charge in [0.05, 0.1) is 21.1 Å². The monoisotopic (exact) mass is 188 g/mol. The van der Waals surface area contributed by atoms with E-state index in [4.69, 9.17) is 5.11 Å². The molecular weight excluding hydrogens is 166 g/mol. The molecule has 0 aliphatic carbocycles. The maximum atomic E-state index is 11.1. The highest BCUT2D eigenvalue weighted by molar-refractivity contribution is 5.75. The van der Waals surface area contributed by atoms with Gasteiger partial charge in [0, 0.05) is 0 Å². The molecule has 0 radical (unpaired) electrons. The van der Waals surface area contributed by atoms with Crippen LogP contribution in [0, 0.1) is 5.41 Å². The van der Waals surface area contributed by atoms with E-state index >= 15 is 0 Å². The quantitative estimate of drug-likeness (QED) is 0.683. The van der Waals surface area contributed by atoms with Gasteiger partial charge < -0.3 is 9.59 Å². The van der Waals surface area contributed by atoms with Gasteiger partial charge in [-0.3, -0.25) is 4.79 Å². The molecular formula is C10H22NO2+. The third-order valence-electron chi connectivity index (χ3n) is 3.74. The lowest BCUT2D eigenvalue weighted by Gasteiger charge is -2.48. The predicted octanol–water partition coefficient (Wildman–Crippen LogP) is 1.58. The first-order valence-electron chi connectivity index (χ1n) is 4.49. The van der Waals surface area contributed by atoms with Crippen LogP contribution in [0.4, 0.5) is 0 Å². The normalized spacial score (nSPS) is 14.4. The number of carboxylic acid groups (broad SMARTS) is 1. The second kappa shape index (κ2) is 2.98. The Labute approximate surface area is 80.9 Å². The minimum Gasteiger partial charge on any atom is -0.481 e. The van der Waals surface area contributed by atoms with E-state index in [1.165, 1.54) is 0 Å². The van der Waals surface area contributed by atoms with Crippen molar-refractivity contribution in [3.05, 3.63) is 0 Å². The van der Waals surface area contributed by atoms with Crippen molar-refractivity contribution in [2.24, 2.45) is 5.41 Å². The van der Waals surface area contributed by atoms with Crippen LogP contribution in [0.2, 0.25) is 0 Å². The molecule has 1 N–H and O–H groups in total. The van der Waals surface area contributed by atoms with Gasteiger partial charge >= 0.3 is 5.97 Å². The summed E-state index contributed by atoms with van der Waals surface area (Å²) in [6.07, 6.45) is 0. The summed E-state index contributed by atoms with van der Waals surface area (Å²) in [7, 11) is 6.06. The van der Waals surface area contributed by atoms with Crippen LogP contribution in [0.1, 0.15) is 27.7 Å². The number of quaternary nitrogens is 1. The molecule has 0 amide bonds. The van der Waals surface area contributed by atoms with Gasteiger partial charge in [-0.25, -0.2) is 0 Å². The van der Waals surface area contributed by atoms with Crippen molar-refractivity contribution in [3.63, 3.8) is 0 Å². The molecule has 0 aliphatic rings. The van der Waals surface area contributed by atoms with E-state index in [1.807, 2.05) is 35.0 Å². The molecule has 0 unspecified atom stereocenters. The molecule has 0 saturated heterocycles. The second-order valence-electron chi connectivity index (χ2n) is 5.50. The zero-order chi connectivity index (χ0) is 11.1. The third-order valence-corrected chi connectivity index (χ3v) is 3.74. The fourth-order valence-electron chi connectivity index (χ4n) is 1.10. The Morgan fingerprint density at radius 3 is 1.46 bits per heavy atom. The van der Waals surface area contributed by atoms with Crippen molar-refractivity contribution in [2.45, 2.75) is 33.2 Å². The average Bonchev–Trinajstić information content (AvgIpc) is 1.84. The van der Waals surface area contributed by atoms with Crippen LogP contribution in [0.15, 0.2) is 0 Å². The molecule has 0 fully saturated rings. The van der Waals surface area contributed by atoms with Crippen molar-refractivity contribution >= 4 is 5.97 Å². The largest absolute Gasteiger partial charge is 0.481 e. The molecule has 0 spiro atoms. The number of aliphatic carboxylic acids is 1. The molecule has 13 heavy (non-hydrogen) atoms. The summed E-state index contributed by atoms with van der Waals surface area (Å²) in [5, 5.41) is 9.13. The van der Waals surface area contributed by atoms with Crippen LogP contribution in [-0.2, 0) is 4.79 Å². The number of hydrogen-bond donors (Lipinski definition) is 1. The van der Waals surface area contributed by atoms with Crippen molar-refractivity contribution in [3.8, 4) is 0 Å². The average molecular weight is 188 g/mol. The van der Waals surface area contributed by atoms with E-state index in [0.717, 1.165) is 0 Å². The summed E-state index contributed by atoms with van der Waals surface area (Å²) in [4.78, 5) is 11.1. The molecule has 0 heterocycles. The van der Waals surface area contributed by atoms with Crippen LogP contribution in [0.25, 0.3) is 0 Å². The highest BCUT2D eigenvalue weighted by atomic mass is 16.4. The maximum Gasteiger partial charge on any atom is 0.315 e. The first-order chi connectivity index (χ1) is 5.44. The second-order valence-corrected chi connectivity index (χ2v) is 5.50. The molecule has 0 bridgehead atoms. The number of rotatable bonds is 3. The summed E-state index contributed by atoms with van der Waals surface area (Å²) in [6, 6.07) is 0. The molecule has 0 aromatic heterocycles. The van der Waals surface area contributed by atoms with Crippen LogP contribution in [-0.4, -0.2) is 42.2 Å². The molecule has 3 heteroatoms. The number of hydrogen-bond acceptors (Lipinski definition) is 1. The van der Waals surface area contributed by atoms with Crippen LogP contribution in [0.3, 0.4) is 0 Å². The van der Waals surface area contributed by atoms with Gasteiger partial charge in [0.15, 0.2) is 0 Å². The Balaban J connectivity index is 5.16. The van der Waals surface area contributed by atoms with E-state index in [0.29, 0.717) is 4.48 Å². The lowest BCUT2D eigenvalue weighted by Crippen LogP contribution is -2.63. The highest BCUT2D eigenvalue weighted by Crippen LogP contribution is 2.37. The Morgan fingerprint density at radius 1 is 1.08 bits per heavy atom. The molecule has 3 nitrogen and oxygen atoms in total. The predicted molar refractivity (Wildman–Crippen MR) is 53.5 cm³/mol. The number of carboxylic acids is 1. The Hall–Kier alpha value is -0.570. The third kappa shape index (κ3) is 1.85. The Morgan fingerprint density at radius 2 is 1.38 bits per heavy atom. The van der Waals surface area contributed by atoms with Gasteiger partial charge in [0.25, 0.3) is 0 Å². The first-order valence-corrected chi connectivity index (χ1v) is 4.49. The van der Waals surface area contributed by atoms with E-state index in [-0.39, 0.29) is 5.54 Å². The zero-order valence-corrected chi connectivity index (χ0v) is 9.80. The van der Waals surface area contributed by atoms with E-state index in [1.54, 1.807) is 13.8 Å².